The lowest BCUT2D eigenvalue weighted by Crippen LogP contribution is -2.24. The van der Waals surface area contributed by atoms with Gasteiger partial charge in [-0.25, -0.2) is 0 Å². The average molecular weight is 226 g/mol. The van der Waals surface area contributed by atoms with Gasteiger partial charge in [-0.1, -0.05) is 12.1 Å². The first-order valence-electron chi connectivity index (χ1n) is 5.69. The minimum Gasteiger partial charge on any atom is -0.379 e. The van der Waals surface area contributed by atoms with Gasteiger partial charge in [-0.05, 0) is 26.7 Å². The molecule has 1 unspecified atom stereocenters. The van der Waals surface area contributed by atoms with E-state index in [1.54, 1.807) is 7.11 Å². The van der Waals surface area contributed by atoms with Gasteiger partial charge in [0.05, 0.1) is 23.5 Å². The second-order valence-corrected chi connectivity index (χ2v) is 4.64. The molecule has 1 aromatic rings. The van der Waals surface area contributed by atoms with Gasteiger partial charge in [-0.3, -0.25) is 4.68 Å². The first-order valence-corrected chi connectivity index (χ1v) is 5.69. The fourth-order valence-corrected chi connectivity index (χ4v) is 1.29. The van der Waals surface area contributed by atoms with Gasteiger partial charge in [0.1, 0.15) is 0 Å². The largest absolute Gasteiger partial charge is 0.379 e. The first-order chi connectivity index (χ1) is 7.48. The van der Waals surface area contributed by atoms with Gasteiger partial charge in [0.2, 0.25) is 0 Å². The number of hydrogen-bond donors (Lipinski definition) is 1. The summed E-state index contributed by atoms with van der Waals surface area (Å²) in [5.41, 5.74) is 6.61. The number of nitrogens with two attached hydrogens (primary N) is 1. The normalized spacial score (nSPS) is 14.1. The lowest BCUT2D eigenvalue weighted by Gasteiger charge is -2.22. The second kappa shape index (κ2) is 5.41. The smallest absolute Gasteiger partial charge is 0.0993 e. The molecule has 0 saturated carbocycles. The van der Waals surface area contributed by atoms with E-state index in [0.29, 0.717) is 0 Å². The van der Waals surface area contributed by atoms with Crippen LogP contribution in [0, 0.1) is 0 Å². The van der Waals surface area contributed by atoms with Gasteiger partial charge in [-0.15, -0.1) is 5.10 Å². The average Bonchev–Trinajstić information content (AvgIpc) is 2.74. The van der Waals surface area contributed by atoms with Crippen molar-refractivity contribution in [1.82, 2.24) is 15.0 Å². The molecular formula is C11H22N4O. The molecule has 0 spiro atoms. The van der Waals surface area contributed by atoms with Crippen molar-refractivity contribution in [2.75, 3.05) is 7.11 Å². The minimum absolute atomic E-state index is 0.0100. The summed E-state index contributed by atoms with van der Waals surface area (Å²) in [6.07, 6.45) is 3.69. The summed E-state index contributed by atoms with van der Waals surface area (Å²) in [4.78, 5) is 0. The maximum atomic E-state index is 5.88. The van der Waals surface area contributed by atoms with E-state index in [1.807, 2.05) is 17.8 Å². The molecule has 16 heavy (non-hydrogen) atoms. The van der Waals surface area contributed by atoms with Crippen molar-refractivity contribution in [3.8, 4) is 0 Å². The van der Waals surface area contributed by atoms with Gasteiger partial charge >= 0.3 is 0 Å². The van der Waals surface area contributed by atoms with E-state index in [1.165, 1.54) is 0 Å². The first kappa shape index (κ1) is 13.1. The van der Waals surface area contributed by atoms with E-state index in [4.69, 9.17) is 10.5 Å². The molecule has 2 N–H and O–H groups in total. The van der Waals surface area contributed by atoms with Crippen LogP contribution in [0.1, 0.15) is 45.3 Å². The van der Waals surface area contributed by atoms with Crippen molar-refractivity contribution in [3.63, 3.8) is 0 Å². The Hall–Kier alpha value is -0.940. The number of methoxy groups -OCH3 is 1. The highest BCUT2D eigenvalue weighted by Crippen LogP contribution is 2.15. The van der Waals surface area contributed by atoms with Gasteiger partial charge in [-0.2, -0.15) is 0 Å². The number of nitrogens with zero attached hydrogens (tertiary/aromatic N) is 3. The molecule has 0 radical (unpaired) electrons. The summed E-state index contributed by atoms with van der Waals surface area (Å²) in [6.45, 7) is 6.95. The van der Waals surface area contributed by atoms with Gasteiger partial charge in [0.25, 0.3) is 0 Å². The summed E-state index contributed by atoms with van der Waals surface area (Å²) in [5.74, 6) is 0. The van der Waals surface area contributed by atoms with Crippen LogP contribution in [-0.2, 0) is 11.3 Å². The van der Waals surface area contributed by atoms with Gasteiger partial charge in [0, 0.05) is 13.7 Å². The number of aryl methyl sites for hydroxylation is 1. The lowest BCUT2D eigenvalue weighted by molar-refractivity contribution is 0.0112. The van der Waals surface area contributed by atoms with Crippen LogP contribution in [0.3, 0.4) is 0 Å². The van der Waals surface area contributed by atoms with E-state index < -0.39 is 0 Å². The standard InChI is InChI=1S/C11H22N4O/c1-5-9(12)10-8-15(14-13-10)7-6-11(2,3)16-4/h8-9H,5-7,12H2,1-4H3. The molecule has 0 bridgehead atoms. The summed E-state index contributed by atoms with van der Waals surface area (Å²) < 4.78 is 7.17. The fourth-order valence-electron chi connectivity index (χ4n) is 1.29. The van der Waals surface area contributed by atoms with Crippen molar-refractivity contribution < 1.29 is 4.74 Å². The van der Waals surface area contributed by atoms with Crippen LogP contribution in [-0.4, -0.2) is 27.7 Å². The van der Waals surface area contributed by atoms with E-state index in [9.17, 15) is 0 Å². The van der Waals surface area contributed by atoms with Crippen LogP contribution < -0.4 is 5.73 Å². The molecule has 0 aliphatic carbocycles. The van der Waals surface area contributed by atoms with Crippen LogP contribution in [0.4, 0.5) is 0 Å². The van der Waals surface area contributed by atoms with Gasteiger partial charge < -0.3 is 10.5 Å². The zero-order valence-corrected chi connectivity index (χ0v) is 10.6. The predicted molar refractivity (Wildman–Crippen MR) is 62.9 cm³/mol. The van der Waals surface area contributed by atoms with Crippen molar-refractivity contribution in [1.29, 1.82) is 0 Å². The number of rotatable bonds is 6. The highest BCUT2D eigenvalue weighted by atomic mass is 16.5. The maximum absolute atomic E-state index is 5.88. The van der Waals surface area contributed by atoms with Crippen molar-refractivity contribution in [3.05, 3.63) is 11.9 Å². The third-order valence-corrected chi connectivity index (χ3v) is 2.87. The van der Waals surface area contributed by atoms with Crippen LogP contribution in [0.2, 0.25) is 0 Å². The molecule has 0 saturated heterocycles. The van der Waals surface area contributed by atoms with Crippen molar-refractivity contribution in [2.24, 2.45) is 5.73 Å². The molecule has 0 aliphatic heterocycles. The zero-order valence-electron chi connectivity index (χ0n) is 10.6. The molecular weight excluding hydrogens is 204 g/mol. The highest BCUT2D eigenvalue weighted by Gasteiger charge is 2.16. The minimum atomic E-state index is -0.126. The Morgan fingerprint density at radius 1 is 1.56 bits per heavy atom. The molecule has 0 aliphatic rings. The Bertz CT molecular complexity index is 322. The Morgan fingerprint density at radius 3 is 2.81 bits per heavy atom. The molecule has 5 nitrogen and oxygen atoms in total. The fraction of sp³-hybridized carbons (Fsp3) is 0.818. The van der Waals surface area contributed by atoms with E-state index >= 15 is 0 Å². The third kappa shape index (κ3) is 3.57. The summed E-state index contributed by atoms with van der Waals surface area (Å²) in [5, 5.41) is 8.11. The van der Waals surface area contributed by atoms with Crippen LogP contribution in [0.25, 0.3) is 0 Å². The molecule has 1 rings (SSSR count). The Kier molecular flexibility index (Phi) is 4.44. The molecule has 5 heteroatoms. The van der Waals surface area contributed by atoms with Crippen LogP contribution >= 0.6 is 0 Å². The van der Waals surface area contributed by atoms with E-state index in [-0.39, 0.29) is 11.6 Å². The predicted octanol–water partition coefficient (Wildman–Crippen LogP) is 1.50. The highest BCUT2D eigenvalue weighted by molar-refractivity contribution is 4.98. The quantitative estimate of drug-likeness (QED) is 0.798. The number of aromatic nitrogens is 3. The molecule has 0 amide bonds. The summed E-state index contributed by atoms with van der Waals surface area (Å²) in [6, 6.07) is -0.0100. The summed E-state index contributed by atoms with van der Waals surface area (Å²) >= 11 is 0. The van der Waals surface area contributed by atoms with E-state index in [0.717, 1.165) is 25.1 Å². The Labute approximate surface area is 97.0 Å². The third-order valence-electron chi connectivity index (χ3n) is 2.87. The molecule has 0 fully saturated rings. The number of hydrogen-bond acceptors (Lipinski definition) is 4. The summed E-state index contributed by atoms with van der Waals surface area (Å²) in [7, 11) is 1.72. The molecule has 1 atom stereocenters. The van der Waals surface area contributed by atoms with Crippen molar-refractivity contribution in [2.45, 2.75) is 51.8 Å². The monoisotopic (exact) mass is 226 g/mol. The molecule has 0 aromatic carbocycles. The Morgan fingerprint density at radius 2 is 2.25 bits per heavy atom. The molecule has 1 aromatic heterocycles. The van der Waals surface area contributed by atoms with Crippen molar-refractivity contribution >= 4 is 0 Å². The topological polar surface area (TPSA) is 66.0 Å². The SMILES string of the molecule is CCC(N)c1cn(CCC(C)(C)OC)nn1. The Balaban J connectivity index is 2.53. The number of ether oxygens (including phenoxy) is 1. The molecule has 92 valence electrons. The molecule has 1 heterocycles. The van der Waals surface area contributed by atoms with Gasteiger partial charge in [0.15, 0.2) is 0 Å². The van der Waals surface area contributed by atoms with Crippen LogP contribution in [0.5, 0.6) is 0 Å². The van der Waals surface area contributed by atoms with E-state index in [2.05, 4.69) is 24.2 Å². The maximum Gasteiger partial charge on any atom is 0.0993 e. The zero-order chi connectivity index (χ0) is 12.2. The second-order valence-electron chi connectivity index (χ2n) is 4.64. The van der Waals surface area contributed by atoms with Crippen LogP contribution in [0.15, 0.2) is 6.20 Å². The lowest BCUT2D eigenvalue weighted by atomic mass is 10.1.